The molecule has 2 heterocycles. The van der Waals surface area contributed by atoms with Crippen molar-refractivity contribution < 1.29 is 19.1 Å². The second-order valence-corrected chi connectivity index (χ2v) is 10.3. The van der Waals surface area contributed by atoms with Gasteiger partial charge >= 0.3 is 0 Å². The van der Waals surface area contributed by atoms with E-state index in [-0.39, 0.29) is 16.7 Å². The number of hydrogen-bond donors (Lipinski definition) is 1. The van der Waals surface area contributed by atoms with Crippen molar-refractivity contribution in [1.82, 2.24) is 0 Å². The summed E-state index contributed by atoms with van der Waals surface area (Å²) in [6, 6.07) is 15.6. The van der Waals surface area contributed by atoms with Gasteiger partial charge in [0.25, 0.3) is 11.7 Å². The average molecular weight is 508 g/mol. The number of halogens is 1. The third-order valence-electron chi connectivity index (χ3n) is 5.92. The van der Waals surface area contributed by atoms with Gasteiger partial charge in [0, 0.05) is 15.7 Å². The first-order chi connectivity index (χ1) is 15.5. The van der Waals surface area contributed by atoms with Gasteiger partial charge in [0.1, 0.15) is 23.3 Å². The number of amides is 1. The van der Waals surface area contributed by atoms with Gasteiger partial charge in [-0.1, -0.05) is 54.9 Å². The van der Waals surface area contributed by atoms with Crippen LogP contribution in [-0.2, 0) is 15.0 Å². The van der Waals surface area contributed by atoms with E-state index in [1.54, 1.807) is 37.3 Å². The smallest absolute Gasteiger partial charge is 0.300 e. The fourth-order valence-electron chi connectivity index (χ4n) is 4.08. The molecule has 1 aromatic heterocycles. The molecule has 5 nitrogen and oxygen atoms in total. The molecule has 1 saturated heterocycles. The summed E-state index contributed by atoms with van der Waals surface area (Å²) in [5.41, 5.74) is 2.75. The van der Waals surface area contributed by atoms with Crippen LogP contribution in [0.3, 0.4) is 0 Å². The van der Waals surface area contributed by atoms with Gasteiger partial charge < -0.3 is 9.52 Å². The van der Waals surface area contributed by atoms with Crippen LogP contribution in [0.4, 0.5) is 5.69 Å². The molecular weight excluding hydrogens is 482 g/mol. The van der Waals surface area contributed by atoms with E-state index in [0.717, 1.165) is 15.6 Å². The average Bonchev–Trinajstić information content (AvgIpc) is 3.28. The third-order valence-corrected chi connectivity index (χ3v) is 6.41. The molecule has 0 aliphatic carbocycles. The van der Waals surface area contributed by atoms with Crippen molar-refractivity contribution in [2.75, 3.05) is 4.90 Å². The van der Waals surface area contributed by atoms with Crippen molar-refractivity contribution in [2.24, 2.45) is 0 Å². The van der Waals surface area contributed by atoms with E-state index < -0.39 is 17.7 Å². The van der Waals surface area contributed by atoms with Crippen molar-refractivity contribution in [3.63, 3.8) is 0 Å². The number of carbonyl (C=O) groups is 2. The molecular formula is C27H26BrNO4. The Hall–Kier alpha value is -3.12. The van der Waals surface area contributed by atoms with Crippen LogP contribution in [-0.4, -0.2) is 16.8 Å². The monoisotopic (exact) mass is 507 g/mol. The van der Waals surface area contributed by atoms with Gasteiger partial charge in [0.05, 0.1) is 5.57 Å². The summed E-state index contributed by atoms with van der Waals surface area (Å²) in [5.74, 6) is -0.590. The summed E-state index contributed by atoms with van der Waals surface area (Å²) in [4.78, 5) is 27.9. The maximum Gasteiger partial charge on any atom is 0.300 e. The summed E-state index contributed by atoms with van der Waals surface area (Å²) in [6.07, 6.45) is 0. The Labute approximate surface area is 201 Å². The van der Waals surface area contributed by atoms with Crippen LogP contribution in [0, 0.1) is 13.8 Å². The van der Waals surface area contributed by atoms with Gasteiger partial charge in [-0.15, -0.1) is 0 Å². The van der Waals surface area contributed by atoms with Crippen molar-refractivity contribution in [1.29, 1.82) is 0 Å². The standard InChI is InChI=1S/C27H26BrNO4/c1-15-9-11-17(27(3,4)5)13-20(15)24(30)22-23(21-12-10-16(2)33-21)29(26(32)25(22)31)19-8-6-7-18(28)14-19/h6-14,23,30H,1-5H3/b24-22+. The molecule has 1 fully saturated rings. The fraction of sp³-hybridized carbons (Fsp3) is 0.259. The second kappa shape index (κ2) is 8.34. The van der Waals surface area contributed by atoms with E-state index in [4.69, 9.17) is 4.42 Å². The molecule has 1 atom stereocenters. The Balaban J connectivity index is 1.97. The predicted octanol–water partition coefficient (Wildman–Crippen LogP) is 6.58. The van der Waals surface area contributed by atoms with Gasteiger partial charge in [-0.05, 0) is 66.8 Å². The van der Waals surface area contributed by atoms with Gasteiger partial charge in [-0.3, -0.25) is 14.5 Å². The zero-order valence-corrected chi connectivity index (χ0v) is 20.9. The minimum absolute atomic E-state index is 0.0171. The molecule has 3 aromatic rings. The Morgan fingerprint density at radius 2 is 1.76 bits per heavy atom. The van der Waals surface area contributed by atoms with E-state index >= 15 is 0 Å². The highest BCUT2D eigenvalue weighted by Crippen LogP contribution is 2.43. The van der Waals surface area contributed by atoms with Gasteiger partial charge in [0.2, 0.25) is 0 Å². The maximum absolute atomic E-state index is 13.3. The largest absolute Gasteiger partial charge is 0.507 e. The lowest BCUT2D eigenvalue weighted by molar-refractivity contribution is -0.132. The molecule has 0 radical (unpaired) electrons. The predicted molar refractivity (Wildman–Crippen MR) is 132 cm³/mol. The molecule has 2 aromatic carbocycles. The Kier molecular flexibility index (Phi) is 5.83. The lowest BCUT2D eigenvalue weighted by Crippen LogP contribution is -2.29. The molecule has 33 heavy (non-hydrogen) atoms. The topological polar surface area (TPSA) is 70.8 Å². The van der Waals surface area contributed by atoms with Crippen LogP contribution in [0.2, 0.25) is 0 Å². The summed E-state index contributed by atoms with van der Waals surface area (Å²) >= 11 is 3.43. The minimum atomic E-state index is -0.884. The first-order valence-corrected chi connectivity index (χ1v) is 11.5. The highest BCUT2D eigenvalue weighted by atomic mass is 79.9. The summed E-state index contributed by atoms with van der Waals surface area (Å²) < 4.78 is 6.64. The fourth-order valence-corrected chi connectivity index (χ4v) is 4.47. The van der Waals surface area contributed by atoms with Crippen molar-refractivity contribution >= 4 is 39.1 Å². The van der Waals surface area contributed by atoms with E-state index in [9.17, 15) is 14.7 Å². The molecule has 170 valence electrons. The number of anilines is 1. The quantitative estimate of drug-likeness (QED) is 0.246. The Morgan fingerprint density at radius 3 is 2.36 bits per heavy atom. The van der Waals surface area contributed by atoms with Crippen molar-refractivity contribution in [2.45, 2.75) is 46.1 Å². The maximum atomic E-state index is 13.3. The van der Waals surface area contributed by atoms with E-state index in [0.29, 0.717) is 22.8 Å². The number of furan rings is 1. The van der Waals surface area contributed by atoms with Crippen LogP contribution in [0.5, 0.6) is 0 Å². The zero-order valence-electron chi connectivity index (χ0n) is 19.3. The Morgan fingerprint density at radius 1 is 1.03 bits per heavy atom. The zero-order chi connectivity index (χ0) is 24.1. The number of nitrogens with zero attached hydrogens (tertiary/aromatic N) is 1. The third kappa shape index (κ3) is 4.15. The normalized spacial score (nSPS) is 18.2. The number of benzene rings is 2. The van der Waals surface area contributed by atoms with E-state index in [1.165, 1.54) is 4.90 Å². The summed E-state index contributed by atoms with van der Waals surface area (Å²) in [7, 11) is 0. The molecule has 1 amide bonds. The second-order valence-electron chi connectivity index (χ2n) is 9.38. The molecule has 0 saturated carbocycles. The van der Waals surface area contributed by atoms with E-state index in [2.05, 4.69) is 36.7 Å². The molecule has 4 rings (SSSR count). The molecule has 1 N–H and O–H groups in total. The van der Waals surface area contributed by atoms with Gasteiger partial charge in [-0.2, -0.15) is 0 Å². The summed E-state index contributed by atoms with van der Waals surface area (Å²) in [5, 5.41) is 11.5. The Bertz CT molecular complexity index is 1300. The SMILES string of the molecule is Cc1ccc(C2/C(=C(\O)c3cc(C(C)(C)C)ccc3C)C(=O)C(=O)N2c2cccc(Br)c2)o1. The lowest BCUT2D eigenvalue weighted by Gasteiger charge is -2.24. The van der Waals surface area contributed by atoms with E-state index in [1.807, 2.05) is 31.2 Å². The first kappa shape index (κ1) is 23.1. The molecule has 6 heteroatoms. The summed E-state index contributed by atoms with van der Waals surface area (Å²) in [6.45, 7) is 9.92. The number of ketones is 1. The molecule has 0 bridgehead atoms. The van der Waals surface area contributed by atoms with Crippen molar-refractivity contribution in [3.8, 4) is 0 Å². The number of carbonyl (C=O) groups excluding carboxylic acids is 2. The van der Waals surface area contributed by atoms with Gasteiger partial charge in [-0.25, -0.2) is 0 Å². The van der Waals surface area contributed by atoms with Crippen molar-refractivity contribution in [3.05, 3.63) is 92.9 Å². The minimum Gasteiger partial charge on any atom is -0.507 e. The van der Waals surface area contributed by atoms with Crippen LogP contribution in [0.15, 0.2) is 69.1 Å². The number of Topliss-reactive ketones (excluding diaryl/α,β-unsaturated/α-hetero) is 1. The molecule has 1 unspecified atom stereocenters. The lowest BCUT2D eigenvalue weighted by atomic mass is 9.84. The van der Waals surface area contributed by atoms with Crippen LogP contribution in [0.1, 0.15) is 55.0 Å². The number of rotatable bonds is 3. The van der Waals surface area contributed by atoms with Crippen LogP contribution in [0.25, 0.3) is 5.76 Å². The highest BCUT2D eigenvalue weighted by Gasteiger charge is 2.48. The van der Waals surface area contributed by atoms with Crippen LogP contribution >= 0.6 is 15.9 Å². The first-order valence-electron chi connectivity index (χ1n) is 10.7. The molecule has 0 spiro atoms. The number of aliphatic hydroxyl groups excluding tert-OH is 1. The van der Waals surface area contributed by atoms with Crippen LogP contribution < -0.4 is 4.90 Å². The number of aliphatic hydroxyl groups is 1. The molecule has 1 aliphatic heterocycles. The van der Waals surface area contributed by atoms with Gasteiger partial charge in [0.15, 0.2) is 0 Å². The number of aryl methyl sites for hydroxylation is 2. The molecule has 1 aliphatic rings. The highest BCUT2D eigenvalue weighted by molar-refractivity contribution is 9.10. The number of hydrogen-bond acceptors (Lipinski definition) is 4.